The van der Waals surface area contributed by atoms with E-state index in [0.717, 1.165) is 25.3 Å². The molecular formula is C19H21F3N4O3. The Morgan fingerprint density at radius 2 is 2.00 bits per heavy atom. The van der Waals surface area contributed by atoms with E-state index < -0.39 is 17.7 Å². The molecule has 2 aromatic rings. The molecule has 0 bridgehead atoms. The number of halogens is 3. The van der Waals surface area contributed by atoms with Gasteiger partial charge in [0.1, 0.15) is 5.56 Å². The maximum atomic E-state index is 12.7. The van der Waals surface area contributed by atoms with Crippen molar-refractivity contribution in [2.24, 2.45) is 0 Å². The molecule has 0 N–H and O–H groups in total. The van der Waals surface area contributed by atoms with Gasteiger partial charge in [0.05, 0.1) is 17.5 Å². The molecule has 29 heavy (non-hydrogen) atoms. The van der Waals surface area contributed by atoms with Gasteiger partial charge < -0.3 is 9.64 Å². The summed E-state index contributed by atoms with van der Waals surface area (Å²) >= 11 is 0. The molecule has 1 amide bonds. The van der Waals surface area contributed by atoms with Gasteiger partial charge in [-0.25, -0.2) is 14.5 Å². The normalized spacial score (nSPS) is 17.3. The largest absolute Gasteiger partial charge is 0.452 e. The number of aromatic nitrogens is 3. The smallest absolute Gasteiger partial charge is 0.417 e. The van der Waals surface area contributed by atoms with Crippen LogP contribution in [0.4, 0.5) is 13.2 Å². The Labute approximate surface area is 165 Å². The van der Waals surface area contributed by atoms with E-state index in [1.807, 2.05) is 6.92 Å². The molecule has 1 aliphatic heterocycles. The minimum atomic E-state index is -4.49. The fraction of sp³-hybridized carbons (Fsp3) is 0.474. The van der Waals surface area contributed by atoms with E-state index >= 15 is 0 Å². The standard InChI is InChI=1S/C19H21F3N4O3/c1-12-5-3-4-8-25(12)17(27)11-29-18(28)15-10-24-26(13(15)2)16-7-6-14(9-23-16)19(20,21)22/h6-7,9-10,12H,3-5,8,11H2,1-2H3. The third-order valence-electron chi connectivity index (χ3n) is 4.97. The van der Waals surface area contributed by atoms with E-state index in [2.05, 4.69) is 10.1 Å². The lowest BCUT2D eigenvalue weighted by atomic mass is 10.0. The van der Waals surface area contributed by atoms with Crippen LogP contribution in [0.15, 0.2) is 24.5 Å². The summed E-state index contributed by atoms with van der Waals surface area (Å²) in [4.78, 5) is 30.1. The molecule has 156 valence electrons. The highest BCUT2D eigenvalue weighted by Gasteiger charge is 2.31. The molecule has 0 radical (unpaired) electrons. The molecule has 0 spiro atoms. The van der Waals surface area contributed by atoms with Gasteiger partial charge in [-0.2, -0.15) is 18.3 Å². The summed E-state index contributed by atoms with van der Waals surface area (Å²) in [6.07, 6.45) is 0.374. The van der Waals surface area contributed by atoms with Crippen LogP contribution in [0, 0.1) is 6.92 Å². The Kier molecular flexibility index (Phi) is 5.90. The van der Waals surface area contributed by atoms with Crippen molar-refractivity contribution in [1.82, 2.24) is 19.7 Å². The van der Waals surface area contributed by atoms with Crippen LogP contribution >= 0.6 is 0 Å². The Balaban J connectivity index is 1.67. The van der Waals surface area contributed by atoms with Crippen LogP contribution in [0.3, 0.4) is 0 Å². The van der Waals surface area contributed by atoms with Crippen molar-refractivity contribution in [2.75, 3.05) is 13.2 Å². The zero-order chi connectivity index (χ0) is 21.2. The molecule has 10 heteroatoms. The topological polar surface area (TPSA) is 77.3 Å². The van der Waals surface area contributed by atoms with Gasteiger partial charge >= 0.3 is 12.1 Å². The van der Waals surface area contributed by atoms with Gasteiger partial charge in [-0.05, 0) is 45.2 Å². The molecule has 1 atom stereocenters. The summed E-state index contributed by atoms with van der Waals surface area (Å²) in [6.45, 7) is 3.81. The molecule has 1 unspecified atom stereocenters. The number of rotatable bonds is 4. The van der Waals surface area contributed by atoms with Gasteiger partial charge in [0.25, 0.3) is 5.91 Å². The summed E-state index contributed by atoms with van der Waals surface area (Å²) in [5.41, 5.74) is -0.414. The first-order valence-corrected chi connectivity index (χ1v) is 9.23. The maximum absolute atomic E-state index is 12.7. The third kappa shape index (κ3) is 4.57. The number of hydrogen-bond acceptors (Lipinski definition) is 5. The number of pyridine rings is 1. The van der Waals surface area contributed by atoms with Gasteiger partial charge in [-0.1, -0.05) is 0 Å². The second kappa shape index (κ2) is 8.22. The van der Waals surface area contributed by atoms with Crippen LogP contribution in [0.1, 0.15) is 47.8 Å². The molecule has 0 aromatic carbocycles. The number of esters is 1. The Morgan fingerprint density at radius 3 is 2.62 bits per heavy atom. The highest BCUT2D eigenvalue weighted by molar-refractivity contribution is 5.92. The van der Waals surface area contributed by atoms with Crippen molar-refractivity contribution in [1.29, 1.82) is 0 Å². The summed E-state index contributed by atoms with van der Waals surface area (Å²) in [5, 5.41) is 4.00. The molecule has 1 fully saturated rings. The summed E-state index contributed by atoms with van der Waals surface area (Å²) < 4.78 is 44.4. The van der Waals surface area contributed by atoms with Crippen LogP contribution in [-0.4, -0.2) is 50.7 Å². The summed E-state index contributed by atoms with van der Waals surface area (Å²) in [7, 11) is 0. The average molecular weight is 410 g/mol. The van der Waals surface area contributed by atoms with Gasteiger partial charge in [0.2, 0.25) is 0 Å². The number of amides is 1. The maximum Gasteiger partial charge on any atom is 0.417 e. The summed E-state index contributed by atoms with van der Waals surface area (Å²) in [6, 6.07) is 2.17. The molecule has 3 rings (SSSR count). The van der Waals surface area contributed by atoms with Crippen LogP contribution in [0.5, 0.6) is 0 Å². The van der Waals surface area contributed by atoms with Gasteiger partial charge in [-0.15, -0.1) is 0 Å². The first kappa shape index (κ1) is 20.8. The number of nitrogens with zero attached hydrogens (tertiary/aromatic N) is 4. The molecule has 0 saturated carbocycles. The van der Waals surface area contributed by atoms with Crippen molar-refractivity contribution in [2.45, 2.75) is 45.3 Å². The fourth-order valence-corrected chi connectivity index (χ4v) is 3.28. The van der Waals surface area contributed by atoms with E-state index in [0.29, 0.717) is 18.4 Å². The van der Waals surface area contributed by atoms with Crippen molar-refractivity contribution in [3.8, 4) is 5.82 Å². The van der Waals surface area contributed by atoms with Crippen molar-refractivity contribution < 1.29 is 27.5 Å². The van der Waals surface area contributed by atoms with Gasteiger partial charge in [-0.3, -0.25) is 4.79 Å². The zero-order valence-electron chi connectivity index (χ0n) is 16.1. The van der Waals surface area contributed by atoms with Crippen molar-refractivity contribution in [3.63, 3.8) is 0 Å². The zero-order valence-corrected chi connectivity index (χ0v) is 16.1. The monoisotopic (exact) mass is 410 g/mol. The quantitative estimate of drug-likeness (QED) is 0.724. The molecule has 0 aliphatic carbocycles. The lowest BCUT2D eigenvalue weighted by Crippen LogP contribution is -2.44. The van der Waals surface area contributed by atoms with Crippen LogP contribution < -0.4 is 0 Å². The van der Waals surface area contributed by atoms with Gasteiger partial charge in [0.15, 0.2) is 12.4 Å². The molecular weight excluding hydrogens is 389 g/mol. The molecule has 2 aromatic heterocycles. The van der Waals surface area contributed by atoms with Crippen LogP contribution in [0.2, 0.25) is 0 Å². The second-order valence-electron chi connectivity index (χ2n) is 6.97. The van der Waals surface area contributed by atoms with E-state index in [1.54, 1.807) is 11.8 Å². The minimum Gasteiger partial charge on any atom is -0.452 e. The minimum absolute atomic E-state index is 0.116. The number of alkyl halides is 3. The van der Waals surface area contributed by atoms with Gasteiger partial charge in [0, 0.05) is 18.8 Å². The SMILES string of the molecule is Cc1c(C(=O)OCC(=O)N2CCCCC2C)cnn1-c1ccc(C(F)(F)F)cn1. The lowest BCUT2D eigenvalue weighted by Gasteiger charge is -2.33. The predicted octanol–water partition coefficient (Wildman–Crippen LogP) is 3.15. The van der Waals surface area contributed by atoms with E-state index in [1.165, 1.54) is 16.9 Å². The number of carbonyl (C=O) groups is 2. The van der Waals surface area contributed by atoms with E-state index in [4.69, 9.17) is 4.74 Å². The lowest BCUT2D eigenvalue weighted by molar-refractivity contribution is -0.138. The number of piperidine rings is 1. The molecule has 1 aliphatic rings. The number of ether oxygens (including phenoxy) is 1. The highest BCUT2D eigenvalue weighted by atomic mass is 19.4. The Morgan fingerprint density at radius 1 is 1.24 bits per heavy atom. The fourth-order valence-electron chi connectivity index (χ4n) is 3.28. The number of hydrogen-bond donors (Lipinski definition) is 0. The number of carbonyl (C=O) groups excluding carboxylic acids is 2. The number of likely N-dealkylation sites (tertiary alicyclic amines) is 1. The Bertz CT molecular complexity index is 893. The molecule has 1 saturated heterocycles. The first-order chi connectivity index (χ1) is 13.7. The third-order valence-corrected chi connectivity index (χ3v) is 4.97. The molecule has 7 nitrogen and oxygen atoms in total. The van der Waals surface area contributed by atoms with Crippen LogP contribution in [0.25, 0.3) is 5.82 Å². The molecule has 3 heterocycles. The van der Waals surface area contributed by atoms with E-state index in [-0.39, 0.29) is 29.9 Å². The van der Waals surface area contributed by atoms with Crippen LogP contribution in [-0.2, 0) is 15.7 Å². The second-order valence-corrected chi connectivity index (χ2v) is 6.97. The highest BCUT2D eigenvalue weighted by Crippen LogP contribution is 2.29. The first-order valence-electron chi connectivity index (χ1n) is 9.23. The Hall–Kier alpha value is -2.91. The summed E-state index contributed by atoms with van der Waals surface area (Å²) in [5.74, 6) is -0.841. The predicted molar refractivity (Wildman–Crippen MR) is 96.4 cm³/mol. The van der Waals surface area contributed by atoms with Crippen molar-refractivity contribution >= 4 is 11.9 Å². The van der Waals surface area contributed by atoms with Crippen molar-refractivity contribution in [3.05, 3.63) is 41.3 Å². The van der Waals surface area contributed by atoms with E-state index in [9.17, 15) is 22.8 Å². The average Bonchev–Trinajstić information content (AvgIpc) is 3.07.